The number of pyridine rings is 1. The highest BCUT2D eigenvalue weighted by Crippen LogP contribution is 2.43. The fourth-order valence-corrected chi connectivity index (χ4v) is 6.93. The summed E-state index contributed by atoms with van der Waals surface area (Å²) in [7, 11) is 2.06. The average molecular weight is 604 g/mol. The summed E-state index contributed by atoms with van der Waals surface area (Å²) in [5, 5.41) is 23.4. The number of carbonyl (C=O) groups is 1. The summed E-state index contributed by atoms with van der Waals surface area (Å²) >= 11 is 8.99. The number of aromatic nitrogens is 1. The van der Waals surface area contributed by atoms with Crippen LogP contribution in [0, 0.1) is 22.7 Å². The van der Waals surface area contributed by atoms with Gasteiger partial charge in [0.15, 0.2) is 0 Å². The van der Waals surface area contributed by atoms with Crippen molar-refractivity contribution in [3.63, 3.8) is 0 Å². The number of nitrogens with zero attached hydrogens (tertiary/aromatic N) is 4. The Morgan fingerprint density at radius 2 is 2.07 bits per heavy atom. The van der Waals surface area contributed by atoms with Crippen LogP contribution in [0.4, 0.5) is 0 Å². The molecular weight excluding hydrogens is 578 g/mol. The van der Waals surface area contributed by atoms with E-state index in [0.29, 0.717) is 27.7 Å². The number of halogens is 1. The van der Waals surface area contributed by atoms with Crippen molar-refractivity contribution in [2.75, 3.05) is 26.0 Å². The van der Waals surface area contributed by atoms with Gasteiger partial charge in [-0.25, -0.2) is 9.78 Å². The monoisotopic (exact) mass is 603 g/mol. The molecule has 0 unspecified atom stereocenters. The zero-order valence-corrected chi connectivity index (χ0v) is 24.8. The van der Waals surface area contributed by atoms with E-state index in [1.54, 1.807) is 42.5 Å². The number of rotatable bonds is 7. The van der Waals surface area contributed by atoms with Crippen LogP contribution in [0.25, 0.3) is 10.4 Å². The van der Waals surface area contributed by atoms with E-state index in [9.17, 15) is 15.3 Å². The fraction of sp³-hybridized carbons (Fsp3) is 0.267. The second-order valence-electron chi connectivity index (χ2n) is 9.49. The molecule has 0 saturated heterocycles. The van der Waals surface area contributed by atoms with Crippen molar-refractivity contribution in [2.24, 2.45) is 5.73 Å². The number of hydrogen-bond donors (Lipinski definition) is 1. The van der Waals surface area contributed by atoms with E-state index in [-0.39, 0.29) is 35.1 Å². The number of nitrogens with two attached hydrogens (primary N) is 1. The number of benzene rings is 1. The van der Waals surface area contributed by atoms with E-state index in [2.05, 4.69) is 24.1 Å². The number of thiophene rings is 1. The van der Waals surface area contributed by atoms with Gasteiger partial charge >= 0.3 is 5.97 Å². The lowest BCUT2D eigenvalue weighted by molar-refractivity contribution is -0.139. The van der Waals surface area contributed by atoms with Crippen molar-refractivity contribution >= 4 is 40.7 Å². The molecule has 2 N–H and O–H groups in total. The van der Waals surface area contributed by atoms with E-state index < -0.39 is 11.9 Å². The van der Waals surface area contributed by atoms with E-state index in [0.717, 1.165) is 34.7 Å². The molecule has 0 spiro atoms. The summed E-state index contributed by atoms with van der Waals surface area (Å²) in [5.74, 6) is -1.10. The van der Waals surface area contributed by atoms with Gasteiger partial charge in [-0.2, -0.15) is 10.5 Å². The van der Waals surface area contributed by atoms with Crippen LogP contribution in [0.2, 0.25) is 5.02 Å². The van der Waals surface area contributed by atoms with Crippen LogP contribution >= 0.6 is 34.7 Å². The summed E-state index contributed by atoms with van der Waals surface area (Å²) in [6.07, 6.45) is 0.761. The van der Waals surface area contributed by atoms with Gasteiger partial charge in [-0.3, -0.25) is 0 Å². The molecule has 3 aromatic rings. The number of allylic oxidation sites excluding steroid dienone is 1. The Kier molecular flexibility index (Phi) is 8.67. The van der Waals surface area contributed by atoms with Gasteiger partial charge in [0.25, 0.3) is 0 Å². The molecular formula is C30H26ClN5O3S2. The third-order valence-electron chi connectivity index (χ3n) is 6.92. The fourth-order valence-electron chi connectivity index (χ4n) is 5.05. The third-order valence-corrected chi connectivity index (χ3v) is 9.04. The molecule has 0 fully saturated rings. The number of likely N-dealkylation sites (N-methyl/N-ethyl adjacent to an activating group) is 1. The van der Waals surface area contributed by atoms with E-state index in [1.165, 1.54) is 11.8 Å². The summed E-state index contributed by atoms with van der Waals surface area (Å²) in [4.78, 5) is 21.5. The molecule has 0 bridgehead atoms. The Bertz CT molecular complexity index is 1640. The number of nitriles is 2. The minimum Gasteiger partial charge on any atom is -0.463 e. The van der Waals surface area contributed by atoms with Crippen LogP contribution in [0.5, 0.6) is 0 Å². The smallest absolute Gasteiger partial charge is 0.338 e. The van der Waals surface area contributed by atoms with Crippen LogP contribution in [0.15, 0.2) is 69.6 Å². The standard InChI is InChI=1S/C30H26ClN5O3S2/c1-3-38-30(37)27-23(39-28(34)19(13-32)25(27)17-6-8-18(31)9-7-17)16-41-29-20(14-33)26(24-5-4-12-40-24)21-15-36(2)11-10-22(21)35-29/h4-9,12,25H,3,10-11,15-16,34H2,1-2H3/t25-/m0/s1. The molecule has 2 aromatic heterocycles. The third kappa shape index (κ3) is 5.70. The van der Waals surface area contributed by atoms with E-state index in [1.807, 2.05) is 17.5 Å². The molecule has 8 nitrogen and oxygen atoms in total. The summed E-state index contributed by atoms with van der Waals surface area (Å²) in [6, 6.07) is 15.4. The zero-order chi connectivity index (χ0) is 29.1. The van der Waals surface area contributed by atoms with Gasteiger partial charge in [0.2, 0.25) is 5.88 Å². The van der Waals surface area contributed by atoms with Crippen LogP contribution in [-0.4, -0.2) is 41.8 Å². The van der Waals surface area contributed by atoms with Crippen LogP contribution in [-0.2, 0) is 27.2 Å². The first-order chi connectivity index (χ1) is 19.9. The molecule has 1 aromatic carbocycles. The number of hydrogen-bond acceptors (Lipinski definition) is 10. The number of thioether (sulfide) groups is 1. The number of fused-ring (bicyclic) bond motifs is 1. The predicted molar refractivity (Wildman–Crippen MR) is 159 cm³/mol. The minimum absolute atomic E-state index is 0.0858. The molecule has 0 amide bonds. The molecule has 5 rings (SSSR count). The Morgan fingerprint density at radius 3 is 2.73 bits per heavy atom. The highest BCUT2D eigenvalue weighted by atomic mass is 35.5. The van der Waals surface area contributed by atoms with Gasteiger partial charge in [-0.15, -0.1) is 11.3 Å². The molecule has 0 radical (unpaired) electrons. The van der Waals surface area contributed by atoms with Gasteiger partial charge in [0.1, 0.15) is 28.5 Å². The normalized spacial score (nSPS) is 17.0. The first-order valence-corrected chi connectivity index (χ1v) is 15.1. The van der Waals surface area contributed by atoms with Gasteiger partial charge in [0.05, 0.1) is 29.4 Å². The summed E-state index contributed by atoms with van der Waals surface area (Å²) in [6.45, 7) is 3.42. The lowest BCUT2D eigenvalue weighted by Crippen LogP contribution is -2.28. The van der Waals surface area contributed by atoms with Crippen LogP contribution in [0.1, 0.15) is 35.2 Å². The van der Waals surface area contributed by atoms with E-state index >= 15 is 0 Å². The number of carbonyl (C=O) groups excluding carboxylic acids is 1. The molecule has 2 aliphatic rings. The summed E-state index contributed by atoms with van der Waals surface area (Å²) in [5.41, 5.74) is 10.6. The van der Waals surface area contributed by atoms with E-state index in [4.69, 9.17) is 31.8 Å². The predicted octanol–water partition coefficient (Wildman–Crippen LogP) is 5.74. The number of ether oxygens (including phenoxy) is 2. The topological polar surface area (TPSA) is 125 Å². The number of esters is 1. The second-order valence-corrected chi connectivity index (χ2v) is 11.8. The van der Waals surface area contributed by atoms with Crippen molar-refractivity contribution in [1.29, 1.82) is 10.5 Å². The Balaban J connectivity index is 1.60. The van der Waals surface area contributed by atoms with Crippen LogP contribution in [0.3, 0.4) is 0 Å². The molecule has 2 aliphatic heterocycles. The average Bonchev–Trinajstić information content (AvgIpc) is 3.50. The van der Waals surface area contributed by atoms with Gasteiger partial charge in [-0.1, -0.05) is 41.6 Å². The van der Waals surface area contributed by atoms with Gasteiger partial charge in [-0.05, 0) is 48.7 Å². The molecule has 4 heterocycles. The Labute approximate surface area is 251 Å². The zero-order valence-electron chi connectivity index (χ0n) is 22.4. The van der Waals surface area contributed by atoms with Gasteiger partial charge < -0.3 is 20.1 Å². The lowest BCUT2D eigenvalue weighted by Gasteiger charge is -2.29. The molecule has 1 atom stereocenters. The SMILES string of the molecule is CCOC(=O)C1=C(CSc2nc3c(c(-c4cccs4)c2C#N)CN(C)CC3)OC(N)=C(C#N)[C@@H]1c1ccc(Cl)cc1. The molecule has 0 saturated carbocycles. The van der Waals surface area contributed by atoms with Crippen molar-refractivity contribution in [3.8, 4) is 22.6 Å². The molecule has 11 heteroatoms. The quantitative estimate of drug-likeness (QED) is 0.266. The second kappa shape index (κ2) is 12.4. The largest absolute Gasteiger partial charge is 0.463 e. The highest BCUT2D eigenvalue weighted by Gasteiger charge is 2.38. The van der Waals surface area contributed by atoms with Crippen molar-refractivity contribution in [3.05, 3.63) is 92.0 Å². The maximum Gasteiger partial charge on any atom is 0.338 e. The van der Waals surface area contributed by atoms with Gasteiger partial charge in [0, 0.05) is 40.7 Å². The van der Waals surface area contributed by atoms with Crippen molar-refractivity contribution in [1.82, 2.24) is 9.88 Å². The highest BCUT2D eigenvalue weighted by molar-refractivity contribution is 7.99. The van der Waals surface area contributed by atoms with Crippen molar-refractivity contribution < 1.29 is 14.3 Å². The van der Waals surface area contributed by atoms with Crippen molar-refractivity contribution in [2.45, 2.75) is 30.8 Å². The maximum atomic E-state index is 13.4. The maximum absolute atomic E-state index is 13.4. The Hall–Kier alpha value is -3.80. The van der Waals surface area contributed by atoms with Crippen LogP contribution < -0.4 is 5.73 Å². The molecule has 41 heavy (non-hydrogen) atoms. The molecule has 0 aliphatic carbocycles. The Morgan fingerprint density at radius 1 is 1.29 bits per heavy atom. The first-order valence-electron chi connectivity index (χ1n) is 12.9. The molecule has 208 valence electrons. The lowest BCUT2D eigenvalue weighted by atomic mass is 9.83. The minimum atomic E-state index is -0.801. The first kappa shape index (κ1) is 28.7. The summed E-state index contributed by atoms with van der Waals surface area (Å²) < 4.78 is 11.3.